The SMILES string of the molecule is CCCCCCNC(=O)c1ccc(CSc2nc3cc(C)ccc3o2)o1. The van der Waals surface area contributed by atoms with Gasteiger partial charge in [-0.3, -0.25) is 4.79 Å². The van der Waals surface area contributed by atoms with Gasteiger partial charge in [-0.05, 0) is 43.2 Å². The number of fused-ring (bicyclic) bond motifs is 1. The number of carbonyl (C=O) groups is 1. The molecular weight excluding hydrogens is 348 g/mol. The number of unbranched alkanes of at least 4 members (excludes halogenated alkanes) is 3. The van der Waals surface area contributed by atoms with Gasteiger partial charge in [0.25, 0.3) is 11.1 Å². The highest BCUT2D eigenvalue weighted by atomic mass is 32.2. The molecule has 0 radical (unpaired) electrons. The first-order valence-electron chi connectivity index (χ1n) is 9.02. The molecule has 5 nitrogen and oxygen atoms in total. The molecule has 0 atom stereocenters. The molecule has 2 aromatic heterocycles. The van der Waals surface area contributed by atoms with E-state index in [0.717, 1.165) is 35.3 Å². The van der Waals surface area contributed by atoms with Gasteiger partial charge in [0.15, 0.2) is 11.3 Å². The number of hydrogen-bond donors (Lipinski definition) is 1. The molecule has 1 N–H and O–H groups in total. The van der Waals surface area contributed by atoms with E-state index in [1.54, 1.807) is 6.07 Å². The number of oxazole rings is 1. The Kier molecular flexibility index (Phi) is 6.39. The summed E-state index contributed by atoms with van der Waals surface area (Å²) in [6.07, 6.45) is 4.53. The molecule has 0 bridgehead atoms. The lowest BCUT2D eigenvalue weighted by molar-refractivity contribution is 0.0924. The summed E-state index contributed by atoms with van der Waals surface area (Å²) in [5.74, 6) is 1.49. The van der Waals surface area contributed by atoms with Crippen molar-refractivity contribution in [3.63, 3.8) is 0 Å². The van der Waals surface area contributed by atoms with Gasteiger partial charge in [0.05, 0.1) is 5.75 Å². The third kappa shape index (κ3) is 4.91. The van der Waals surface area contributed by atoms with E-state index in [4.69, 9.17) is 8.83 Å². The van der Waals surface area contributed by atoms with Crippen LogP contribution in [-0.2, 0) is 5.75 Å². The molecule has 26 heavy (non-hydrogen) atoms. The first-order valence-corrected chi connectivity index (χ1v) is 10.0. The van der Waals surface area contributed by atoms with E-state index >= 15 is 0 Å². The summed E-state index contributed by atoms with van der Waals surface area (Å²) < 4.78 is 11.4. The van der Waals surface area contributed by atoms with Crippen LogP contribution in [0.5, 0.6) is 0 Å². The maximum absolute atomic E-state index is 12.1. The molecule has 3 rings (SSSR count). The van der Waals surface area contributed by atoms with Crippen LogP contribution in [0.15, 0.2) is 44.4 Å². The fraction of sp³-hybridized carbons (Fsp3) is 0.400. The molecule has 3 aromatic rings. The van der Waals surface area contributed by atoms with Gasteiger partial charge in [-0.15, -0.1) is 0 Å². The second-order valence-corrected chi connectivity index (χ2v) is 7.25. The van der Waals surface area contributed by atoms with Crippen LogP contribution in [0.2, 0.25) is 0 Å². The first kappa shape index (κ1) is 18.6. The monoisotopic (exact) mass is 372 g/mol. The third-order valence-electron chi connectivity index (χ3n) is 4.06. The maximum Gasteiger partial charge on any atom is 0.286 e. The van der Waals surface area contributed by atoms with Crippen LogP contribution in [0.4, 0.5) is 0 Å². The number of benzene rings is 1. The van der Waals surface area contributed by atoms with Crippen LogP contribution in [0.3, 0.4) is 0 Å². The zero-order chi connectivity index (χ0) is 18.4. The largest absolute Gasteiger partial charge is 0.455 e. The van der Waals surface area contributed by atoms with Crippen LogP contribution < -0.4 is 5.32 Å². The van der Waals surface area contributed by atoms with Gasteiger partial charge in [0, 0.05) is 6.54 Å². The molecule has 0 aliphatic carbocycles. The Balaban J connectivity index is 1.50. The number of hydrogen-bond acceptors (Lipinski definition) is 5. The van der Waals surface area contributed by atoms with Crippen molar-refractivity contribution in [2.45, 2.75) is 50.5 Å². The Bertz CT molecular complexity index is 869. The summed E-state index contributed by atoms with van der Waals surface area (Å²) in [6.45, 7) is 4.88. The lowest BCUT2D eigenvalue weighted by atomic mass is 10.2. The molecular formula is C20H24N2O3S. The van der Waals surface area contributed by atoms with Crippen molar-refractivity contribution in [3.05, 3.63) is 47.4 Å². The van der Waals surface area contributed by atoms with E-state index < -0.39 is 0 Å². The number of nitrogens with one attached hydrogen (secondary N) is 1. The van der Waals surface area contributed by atoms with E-state index in [2.05, 4.69) is 17.2 Å². The van der Waals surface area contributed by atoms with Crippen molar-refractivity contribution < 1.29 is 13.6 Å². The summed E-state index contributed by atoms with van der Waals surface area (Å²) >= 11 is 1.45. The van der Waals surface area contributed by atoms with Crippen molar-refractivity contribution in [2.75, 3.05) is 6.54 Å². The number of aryl methyl sites for hydroxylation is 1. The number of aromatic nitrogens is 1. The second-order valence-electron chi connectivity index (χ2n) is 6.32. The molecule has 1 aromatic carbocycles. The van der Waals surface area contributed by atoms with Crippen LogP contribution >= 0.6 is 11.8 Å². The van der Waals surface area contributed by atoms with Gasteiger partial charge in [-0.2, -0.15) is 0 Å². The number of amides is 1. The quantitative estimate of drug-likeness (QED) is 0.406. The average molecular weight is 372 g/mol. The van der Waals surface area contributed by atoms with Gasteiger partial charge in [0.2, 0.25) is 0 Å². The van der Waals surface area contributed by atoms with Crippen LogP contribution in [0.1, 0.15) is 54.5 Å². The Hall–Kier alpha value is -2.21. The molecule has 2 heterocycles. The topological polar surface area (TPSA) is 68.3 Å². The van der Waals surface area contributed by atoms with E-state index in [1.807, 2.05) is 31.2 Å². The minimum atomic E-state index is -0.157. The zero-order valence-corrected chi connectivity index (χ0v) is 16.0. The summed E-state index contributed by atoms with van der Waals surface area (Å²) in [7, 11) is 0. The summed E-state index contributed by atoms with van der Waals surface area (Å²) in [5.41, 5.74) is 2.79. The molecule has 0 saturated heterocycles. The predicted molar refractivity (Wildman–Crippen MR) is 103 cm³/mol. The third-order valence-corrected chi connectivity index (χ3v) is 4.91. The van der Waals surface area contributed by atoms with Gasteiger partial charge >= 0.3 is 0 Å². The van der Waals surface area contributed by atoms with E-state index in [0.29, 0.717) is 23.3 Å². The summed E-state index contributed by atoms with van der Waals surface area (Å²) in [6, 6.07) is 9.47. The minimum absolute atomic E-state index is 0.157. The van der Waals surface area contributed by atoms with Crippen LogP contribution in [0.25, 0.3) is 11.1 Å². The molecule has 6 heteroatoms. The number of nitrogens with zero attached hydrogens (tertiary/aromatic N) is 1. The minimum Gasteiger partial charge on any atom is -0.455 e. The highest BCUT2D eigenvalue weighted by Crippen LogP contribution is 2.27. The molecule has 0 aliphatic heterocycles. The first-order chi connectivity index (χ1) is 12.7. The Morgan fingerprint density at radius 2 is 2.04 bits per heavy atom. The lowest BCUT2D eigenvalue weighted by Crippen LogP contribution is -2.23. The van der Waals surface area contributed by atoms with Crippen LogP contribution in [0, 0.1) is 6.92 Å². The Morgan fingerprint density at radius 1 is 1.15 bits per heavy atom. The molecule has 0 spiro atoms. The van der Waals surface area contributed by atoms with Crippen molar-refractivity contribution in [2.24, 2.45) is 0 Å². The Morgan fingerprint density at radius 3 is 2.88 bits per heavy atom. The van der Waals surface area contributed by atoms with Crippen molar-refractivity contribution in [1.29, 1.82) is 0 Å². The van der Waals surface area contributed by atoms with E-state index in [9.17, 15) is 4.79 Å². The summed E-state index contributed by atoms with van der Waals surface area (Å²) in [4.78, 5) is 16.5. The molecule has 0 unspecified atom stereocenters. The number of furan rings is 1. The fourth-order valence-electron chi connectivity index (χ4n) is 2.63. The molecule has 1 amide bonds. The standard InChI is InChI=1S/C20H24N2O3S/c1-3-4-5-6-11-21-19(23)18-10-8-15(24-18)13-26-20-22-16-12-14(2)7-9-17(16)25-20/h7-10,12H,3-6,11,13H2,1-2H3,(H,21,23). The lowest BCUT2D eigenvalue weighted by Gasteiger charge is -2.02. The average Bonchev–Trinajstić information content (AvgIpc) is 3.25. The van der Waals surface area contributed by atoms with Crippen molar-refractivity contribution in [1.82, 2.24) is 10.3 Å². The van der Waals surface area contributed by atoms with E-state index in [-0.39, 0.29) is 5.91 Å². The maximum atomic E-state index is 12.1. The zero-order valence-electron chi connectivity index (χ0n) is 15.2. The summed E-state index contributed by atoms with van der Waals surface area (Å²) in [5, 5.41) is 3.50. The second kappa shape index (κ2) is 8.94. The van der Waals surface area contributed by atoms with E-state index in [1.165, 1.54) is 24.6 Å². The molecule has 138 valence electrons. The normalized spacial score (nSPS) is 11.2. The number of thioether (sulfide) groups is 1. The Labute approximate surface area is 157 Å². The van der Waals surface area contributed by atoms with Gasteiger partial charge in [-0.25, -0.2) is 4.98 Å². The van der Waals surface area contributed by atoms with Gasteiger partial charge < -0.3 is 14.2 Å². The smallest absolute Gasteiger partial charge is 0.286 e. The number of carbonyl (C=O) groups excluding carboxylic acids is 1. The molecule has 0 fully saturated rings. The highest BCUT2D eigenvalue weighted by molar-refractivity contribution is 7.98. The molecule has 0 aliphatic rings. The number of rotatable bonds is 9. The van der Waals surface area contributed by atoms with Gasteiger partial charge in [-0.1, -0.05) is 44.0 Å². The molecule has 0 saturated carbocycles. The van der Waals surface area contributed by atoms with Crippen molar-refractivity contribution in [3.8, 4) is 0 Å². The fourth-order valence-corrected chi connectivity index (χ4v) is 3.36. The predicted octanol–water partition coefficient (Wildman–Crippen LogP) is 5.33. The van der Waals surface area contributed by atoms with Gasteiger partial charge in [0.1, 0.15) is 11.3 Å². The van der Waals surface area contributed by atoms with Crippen molar-refractivity contribution >= 4 is 28.8 Å². The highest BCUT2D eigenvalue weighted by Gasteiger charge is 2.12. The van der Waals surface area contributed by atoms with Crippen LogP contribution in [-0.4, -0.2) is 17.4 Å².